The third kappa shape index (κ3) is 2.08. The number of rotatable bonds is 3. The molecule has 1 unspecified atom stereocenters. The molecule has 1 aromatic rings. The van der Waals surface area contributed by atoms with E-state index in [9.17, 15) is 0 Å². The lowest BCUT2D eigenvalue weighted by Gasteiger charge is -2.10. The predicted octanol–water partition coefficient (Wildman–Crippen LogP) is 0.256. The molecular weight excluding hydrogens is 164 g/mol. The van der Waals surface area contributed by atoms with Gasteiger partial charge in [0.05, 0.1) is 11.7 Å². The molecule has 0 amide bonds. The second-order valence-electron chi connectivity index (χ2n) is 2.97. The van der Waals surface area contributed by atoms with Crippen molar-refractivity contribution in [3.05, 3.63) is 17.5 Å². The zero-order valence-corrected chi connectivity index (χ0v) is 7.91. The first-order valence-electron chi connectivity index (χ1n) is 4.08. The van der Waals surface area contributed by atoms with Gasteiger partial charge in [-0.15, -0.1) is 12.3 Å². The number of hydrogen-bond donors (Lipinski definition) is 2. The quantitative estimate of drug-likeness (QED) is 0.396. The van der Waals surface area contributed by atoms with Crippen LogP contribution in [0.2, 0.25) is 0 Å². The molecule has 0 aromatic carbocycles. The van der Waals surface area contributed by atoms with Crippen molar-refractivity contribution in [1.82, 2.24) is 15.2 Å². The topological polar surface area (TPSA) is 55.9 Å². The van der Waals surface area contributed by atoms with E-state index in [4.69, 9.17) is 12.3 Å². The molecule has 1 rings (SSSR count). The summed E-state index contributed by atoms with van der Waals surface area (Å²) in [6, 6.07) is -0.00120. The normalized spacial score (nSPS) is 12.5. The first kappa shape index (κ1) is 9.78. The molecule has 4 nitrogen and oxygen atoms in total. The van der Waals surface area contributed by atoms with Crippen LogP contribution in [0.3, 0.4) is 0 Å². The second kappa shape index (κ2) is 4.08. The molecule has 0 fully saturated rings. The highest BCUT2D eigenvalue weighted by molar-refractivity contribution is 5.21. The highest BCUT2D eigenvalue weighted by Gasteiger charge is 2.13. The summed E-state index contributed by atoms with van der Waals surface area (Å²) in [5, 5.41) is 4.21. The summed E-state index contributed by atoms with van der Waals surface area (Å²) in [4.78, 5) is 0. The van der Waals surface area contributed by atoms with E-state index in [1.54, 1.807) is 4.68 Å². The summed E-state index contributed by atoms with van der Waals surface area (Å²) in [7, 11) is 1.87. The maximum atomic E-state index is 5.39. The molecule has 0 aliphatic rings. The van der Waals surface area contributed by atoms with Gasteiger partial charge >= 0.3 is 0 Å². The van der Waals surface area contributed by atoms with Gasteiger partial charge in [-0.3, -0.25) is 16.0 Å². The Morgan fingerprint density at radius 2 is 2.54 bits per heavy atom. The number of aromatic nitrogens is 2. The van der Waals surface area contributed by atoms with E-state index in [-0.39, 0.29) is 6.04 Å². The van der Waals surface area contributed by atoms with E-state index in [1.807, 2.05) is 20.2 Å². The molecule has 4 heteroatoms. The monoisotopic (exact) mass is 178 g/mol. The van der Waals surface area contributed by atoms with Gasteiger partial charge in [-0.25, -0.2) is 0 Å². The minimum Gasteiger partial charge on any atom is -0.275 e. The molecule has 1 atom stereocenters. The number of terminal acetylenes is 1. The minimum atomic E-state index is -0.00120. The van der Waals surface area contributed by atoms with Crippen LogP contribution in [-0.4, -0.2) is 9.78 Å². The van der Waals surface area contributed by atoms with Gasteiger partial charge in [0.25, 0.3) is 0 Å². The number of nitrogens with one attached hydrogen (secondary N) is 1. The largest absolute Gasteiger partial charge is 0.275 e. The average molecular weight is 178 g/mol. The average Bonchev–Trinajstić information content (AvgIpc) is 2.41. The zero-order valence-electron chi connectivity index (χ0n) is 7.91. The molecule has 70 valence electrons. The van der Waals surface area contributed by atoms with Crippen LogP contribution in [0, 0.1) is 19.3 Å². The van der Waals surface area contributed by atoms with Crippen molar-refractivity contribution >= 4 is 0 Å². The summed E-state index contributed by atoms with van der Waals surface area (Å²) in [6.45, 7) is 1.94. The standard InChI is InChI=1S/C9H14N4/c1-4-5-9(11-10)8-6-13(3)12-7(8)2/h1,6,9,11H,5,10H2,2-3H3. The van der Waals surface area contributed by atoms with Crippen molar-refractivity contribution in [3.8, 4) is 12.3 Å². The summed E-state index contributed by atoms with van der Waals surface area (Å²) in [6.07, 6.45) is 7.73. The highest BCUT2D eigenvalue weighted by atomic mass is 15.3. The third-order valence-electron chi connectivity index (χ3n) is 1.95. The molecule has 0 saturated carbocycles. The Bertz CT molecular complexity index is 321. The highest BCUT2D eigenvalue weighted by Crippen LogP contribution is 2.17. The van der Waals surface area contributed by atoms with Crippen LogP contribution in [-0.2, 0) is 7.05 Å². The molecule has 0 aliphatic heterocycles. The second-order valence-corrected chi connectivity index (χ2v) is 2.97. The fraction of sp³-hybridized carbons (Fsp3) is 0.444. The van der Waals surface area contributed by atoms with Gasteiger partial charge in [0.1, 0.15) is 0 Å². The van der Waals surface area contributed by atoms with Gasteiger partial charge in [0.2, 0.25) is 0 Å². The molecule has 1 aromatic heterocycles. The van der Waals surface area contributed by atoms with Gasteiger partial charge in [0.15, 0.2) is 0 Å². The van der Waals surface area contributed by atoms with Gasteiger partial charge in [-0.05, 0) is 6.92 Å². The van der Waals surface area contributed by atoms with E-state index in [0.717, 1.165) is 11.3 Å². The van der Waals surface area contributed by atoms with Crippen molar-refractivity contribution in [2.45, 2.75) is 19.4 Å². The zero-order chi connectivity index (χ0) is 9.84. The van der Waals surface area contributed by atoms with E-state index in [0.29, 0.717) is 6.42 Å². The van der Waals surface area contributed by atoms with Crippen LogP contribution < -0.4 is 11.3 Å². The molecule has 13 heavy (non-hydrogen) atoms. The maximum absolute atomic E-state index is 5.39. The molecule has 1 heterocycles. The smallest absolute Gasteiger partial charge is 0.0642 e. The van der Waals surface area contributed by atoms with Crippen molar-refractivity contribution in [1.29, 1.82) is 0 Å². The van der Waals surface area contributed by atoms with Gasteiger partial charge in [-0.2, -0.15) is 5.10 Å². The molecule has 0 aliphatic carbocycles. The van der Waals surface area contributed by atoms with Crippen LogP contribution in [0.25, 0.3) is 0 Å². The Morgan fingerprint density at radius 3 is 2.92 bits per heavy atom. The predicted molar refractivity (Wildman–Crippen MR) is 51.5 cm³/mol. The molecular formula is C9H14N4. The number of nitrogens with zero attached hydrogens (tertiary/aromatic N) is 2. The molecule has 0 bridgehead atoms. The Balaban J connectivity index is 2.91. The number of hydrazine groups is 1. The number of nitrogens with two attached hydrogens (primary N) is 1. The molecule has 0 radical (unpaired) electrons. The van der Waals surface area contributed by atoms with Crippen LogP contribution in [0.1, 0.15) is 23.7 Å². The number of aryl methyl sites for hydroxylation is 2. The molecule has 0 spiro atoms. The Hall–Kier alpha value is -1.31. The van der Waals surface area contributed by atoms with Crippen LogP contribution in [0.15, 0.2) is 6.20 Å². The van der Waals surface area contributed by atoms with E-state index < -0.39 is 0 Å². The fourth-order valence-corrected chi connectivity index (χ4v) is 1.34. The Kier molecular flexibility index (Phi) is 3.07. The fourth-order valence-electron chi connectivity index (χ4n) is 1.34. The lowest BCUT2D eigenvalue weighted by atomic mass is 10.1. The lowest BCUT2D eigenvalue weighted by Crippen LogP contribution is -2.27. The third-order valence-corrected chi connectivity index (χ3v) is 1.95. The van der Waals surface area contributed by atoms with Crippen molar-refractivity contribution < 1.29 is 0 Å². The number of hydrogen-bond acceptors (Lipinski definition) is 3. The molecule has 3 N–H and O–H groups in total. The lowest BCUT2D eigenvalue weighted by molar-refractivity contribution is 0.565. The molecule has 0 saturated heterocycles. The minimum absolute atomic E-state index is 0.00120. The van der Waals surface area contributed by atoms with E-state index in [1.165, 1.54) is 0 Å². The summed E-state index contributed by atoms with van der Waals surface area (Å²) in [5.74, 6) is 7.96. The Labute approximate surface area is 78.1 Å². The van der Waals surface area contributed by atoms with Crippen LogP contribution in [0.5, 0.6) is 0 Å². The SMILES string of the molecule is C#CCC(NN)c1cn(C)nc1C. The van der Waals surface area contributed by atoms with Gasteiger partial charge in [0, 0.05) is 25.2 Å². The van der Waals surface area contributed by atoms with E-state index >= 15 is 0 Å². The van der Waals surface area contributed by atoms with Crippen molar-refractivity contribution in [2.24, 2.45) is 12.9 Å². The van der Waals surface area contributed by atoms with Crippen LogP contribution >= 0.6 is 0 Å². The van der Waals surface area contributed by atoms with E-state index in [2.05, 4.69) is 16.4 Å². The first-order chi connectivity index (χ1) is 6.19. The summed E-state index contributed by atoms with van der Waals surface area (Å²) < 4.78 is 1.76. The van der Waals surface area contributed by atoms with Crippen molar-refractivity contribution in [3.63, 3.8) is 0 Å². The maximum Gasteiger partial charge on any atom is 0.0642 e. The van der Waals surface area contributed by atoms with Gasteiger partial charge in [-0.1, -0.05) is 0 Å². The van der Waals surface area contributed by atoms with Gasteiger partial charge < -0.3 is 0 Å². The summed E-state index contributed by atoms with van der Waals surface area (Å²) >= 11 is 0. The first-order valence-corrected chi connectivity index (χ1v) is 4.08. The Morgan fingerprint density at radius 1 is 1.85 bits per heavy atom. The van der Waals surface area contributed by atoms with Crippen molar-refractivity contribution in [2.75, 3.05) is 0 Å². The summed E-state index contributed by atoms with van der Waals surface area (Å²) in [5.41, 5.74) is 4.69. The van der Waals surface area contributed by atoms with Crippen LogP contribution in [0.4, 0.5) is 0 Å².